The predicted octanol–water partition coefficient (Wildman–Crippen LogP) is 4.05. The standard InChI is InChI=1S/C23H20N8/c1-15-13-27-22(25)31-21(15)18-5-7-19(8-6-18)29-20-9-10-26-23(30-20)28-14-17-4-2-3-16(11-17)12-24/h2-11,13H,14H2,1H3,(H2,25,27,31)(H2,26,28,29,30). The molecule has 0 radical (unpaired) electrons. The number of anilines is 4. The van der Waals surface area contributed by atoms with Gasteiger partial charge in [-0.25, -0.2) is 15.0 Å². The maximum atomic E-state index is 9.02. The predicted molar refractivity (Wildman–Crippen MR) is 120 cm³/mol. The van der Waals surface area contributed by atoms with Gasteiger partial charge in [0.1, 0.15) is 5.82 Å². The average molecular weight is 408 g/mol. The minimum Gasteiger partial charge on any atom is -0.368 e. The summed E-state index contributed by atoms with van der Waals surface area (Å²) >= 11 is 0. The summed E-state index contributed by atoms with van der Waals surface area (Å²) in [6.45, 7) is 2.47. The van der Waals surface area contributed by atoms with Crippen molar-refractivity contribution in [3.05, 3.63) is 83.7 Å². The third-order valence-electron chi connectivity index (χ3n) is 4.58. The molecule has 0 saturated heterocycles. The van der Waals surface area contributed by atoms with Gasteiger partial charge in [-0.15, -0.1) is 0 Å². The van der Waals surface area contributed by atoms with E-state index in [1.807, 2.05) is 49.4 Å². The van der Waals surface area contributed by atoms with Crippen LogP contribution in [-0.4, -0.2) is 19.9 Å². The Kier molecular flexibility index (Phi) is 5.67. The molecular weight excluding hydrogens is 388 g/mol. The van der Waals surface area contributed by atoms with Crippen molar-refractivity contribution in [2.45, 2.75) is 13.5 Å². The van der Waals surface area contributed by atoms with Crippen LogP contribution in [0.1, 0.15) is 16.7 Å². The SMILES string of the molecule is Cc1cnc(N)nc1-c1ccc(Nc2ccnc(NCc3cccc(C#N)c3)n2)cc1. The number of nitrogens with one attached hydrogen (secondary N) is 2. The first-order valence-corrected chi connectivity index (χ1v) is 9.63. The summed E-state index contributed by atoms with van der Waals surface area (Å²) in [7, 11) is 0. The molecule has 2 heterocycles. The summed E-state index contributed by atoms with van der Waals surface area (Å²) in [5, 5.41) is 15.5. The second-order valence-corrected chi connectivity index (χ2v) is 6.89. The normalized spacial score (nSPS) is 10.3. The van der Waals surface area contributed by atoms with E-state index in [9.17, 15) is 0 Å². The zero-order chi connectivity index (χ0) is 21.6. The van der Waals surface area contributed by atoms with Gasteiger partial charge in [0, 0.05) is 30.2 Å². The number of nitrogens with zero attached hydrogens (tertiary/aromatic N) is 5. The Balaban J connectivity index is 1.44. The number of nitriles is 1. The lowest BCUT2D eigenvalue weighted by Crippen LogP contribution is -2.05. The van der Waals surface area contributed by atoms with Gasteiger partial charge in [0.25, 0.3) is 0 Å². The number of nitrogens with two attached hydrogens (primary N) is 1. The lowest BCUT2D eigenvalue weighted by atomic mass is 10.1. The van der Waals surface area contributed by atoms with E-state index in [2.05, 4.69) is 36.6 Å². The van der Waals surface area contributed by atoms with Crippen LogP contribution in [0.4, 0.5) is 23.4 Å². The van der Waals surface area contributed by atoms with Crippen LogP contribution in [0.15, 0.2) is 67.0 Å². The van der Waals surface area contributed by atoms with Gasteiger partial charge in [-0.2, -0.15) is 10.2 Å². The summed E-state index contributed by atoms with van der Waals surface area (Å²) in [6.07, 6.45) is 3.40. The Morgan fingerprint density at radius 2 is 1.87 bits per heavy atom. The summed E-state index contributed by atoms with van der Waals surface area (Å²) in [6, 6.07) is 19.2. The van der Waals surface area contributed by atoms with Gasteiger partial charge in [-0.3, -0.25) is 0 Å². The van der Waals surface area contributed by atoms with Crippen molar-refractivity contribution >= 4 is 23.4 Å². The second-order valence-electron chi connectivity index (χ2n) is 6.89. The number of aryl methyl sites for hydroxylation is 1. The Bertz CT molecular complexity index is 1250. The molecular formula is C23H20N8. The lowest BCUT2D eigenvalue weighted by molar-refractivity contribution is 1.05. The van der Waals surface area contributed by atoms with Crippen molar-refractivity contribution in [2.24, 2.45) is 0 Å². The summed E-state index contributed by atoms with van der Waals surface area (Å²) in [4.78, 5) is 17.1. The zero-order valence-corrected chi connectivity index (χ0v) is 16.9. The molecule has 0 saturated carbocycles. The molecule has 0 atom stereocenters. The van der Waals surface area contributed by atoms with Crippen molar-refractivity contribution in [3.63, 3.8) is 0 Å². The van der Waals surface area contributed by atoms with Crippen molar-refractivity contribution in [3.8, 4) is 17.3 Å². The van der Waals surface area contributed by atoms with Crippen LogP contribution >= 0.6 is 0 Å². The highest BCUT2D eigenvalue weighted by atomic mass is 15.1. The number of hydrogen-bond donors (Lipinski definition) is 3. The van der Waals surface area contributed by atoms with E-state index in [1.54, 1.807) is 24.5 Å². The molecule has 0 bridgehead atoms. The molecule has 0 aliphatic heterocycles. The monoisotopic (exact) mass is 408 g/mol. The molecule has 2 aromatic heterocycles. The molecule has 4 N–H and O–H groups in total. The molecule has 8 heteroatoms. The van der Waals surface area contributed by atoms with Crippen LogP contribution in [0.2, 0.25) is 0 Å². The first kappa shape index (κ1) is 19.8. The zero-order valence-electron chi connectivity index (χ0n) is 16.9. The van der Waals surface area contributed by atoms with Crippen LogP contribution in [-0.2, 0) is 6.54 Å². The van der Waals surface area contributed by atoms with E-state index in [4.69, 9.17) is 11.0 Å². The molecule has 31 heavy (non-hydrogen) atoms. The van der Waals surface area contributed by atoms with Gasteiger partial charge in [-0.1, -0.05) is 24.3 Å². The highest BCUT2D eigenvalue weighted by Crippen LogP contribution is 2.24. The third kappa shape index (κ3) is 4.92. The highest BCUT2D eigenvalue weighted by Gasteiger charge is 2.06. The minimum atomic E-state index is 0.253. The molecule has 4 rings (SSSR count). The van der Waals surface area contributed by atoms with Crippen LogP contribution in [0, 0.1) is 18.3 Å². The number of rotatable bonds is 6. The van der Waals surface area contributed by atoms with E-state index >= 15 is 0 Å². The highest BCUT2D eigenvalue weighted by molar-refractivity contribution is 5.67. The van der Waals surface area contributed by atoms with Crippen LogP contribution in [0.5, 0.6) is 0 Å². The van der Waals surface area contributed by atoms with E-state index < -0.39 is 0 Å². The molecule has 8 nitrogen and oxygen atoms in total. The molecule has 0 aliphatic rings. The van der Waals surface area contributed by atoms with Crippen LogP contribution in [0.3, 0.4) is 0 Å². The average Bonchev–Trinajstić information content (AvgIpc) is 2.80. The number of aromatic nitrogens is 4. The molecule has 0 unspecified atom stereocenters. The van der Waals surface area contributed by atoms with Gasteiger partial charge >= 0.3 is 0 Å². The van der Waals surface area contributed by atoms with Gasteiger partial charge < -0.3 is 16.4 Å². The van der Waals surface area contributed by atoms with Crippen LogP contribution < -0.4 is 16.4 Å². The smallest absolute Gasteiger partial charge is 0.224 e. The minimum absolute atomic E-state index is 0.253. The molecule has 4 aromatic rings. The fraction of sp³-hybridized carbons (Fsp3) is 0.0870. The van der Waals surface area contributed by atoms with E-state index in [1.165, 1.54) is 0 Å². The number of benzene rings is 2. The maximum Gasteiger partial charge on any atom is 0.224 e. The quantitative estimate of drug-likeness (QED) is 0.436. The summed E-state index contributed by atoms with van der Waals surface area (Å²) in [5.41, 5.74) is 10.9. The lowest BCUT2D eigenvalue weighted by Gasteiger charge is -2.10. The molecule has 0 aliphatic carbocycles. The topological polar surface area (TPSA) is 125 Å². The number of hydrogen-bond acceptors (Lipinski definition) is 8. The summed E-state index contributed by atoms with van der Waals surface area (Å²) < 4.78 is 0. The van der Waals surface area contributed by atoms with E-state index in [-0.39, 0.29) is 5.95 Å². The molecule has 2 aromatic carbocycles. The van der Waals surface area contributed by atoms with Crippen LogP contribution in [0.25, 0.3) is 11.3 Å². The van der Waals surface area contributed by atoms with Gasteiger partial charge in [-0.05, 0) is 48.4 Å². The van der Waals surface area contributed by atoms with Crippen molar-refractivity contribution in [1.82, 2.24) is 19.9 Å². The van der Waals surface area contributed by atoms with Crippen molar-refractivity contribution in [1.29, 1.82) is 5.26 Å². The fourth-order valence-corrected chi connectivity index (χ4v) is 3.05. The molecule has 152 valence electrons. The van der Waals surface area contributed by atoms with E-state index in [0.717, 1.165) is 28.1 Å². The van der Waals surface area contributed by atoms with Gasteiger partial charge in [0.05, 0.1) is 17.3 Å². The largest absolute Gasteiger partial charge is 0.368 e. The first-order chi connectivity index (χ1) is 15.1. The first-order valence-electron chi connectivity index (χ1n) is 9.63. The Morgan fingerprint density at radius 3 is 2.68 bits per heavy atom. The molecule has 0 fully saturated rings. The molecule has 0 spiro atoms. The van der Waals surface area contributed by atoms with Gasteiger partial charge in [0.2, 0.25) is 11.9 Å². The van der Waals surface area contributed by atoms with E-state index in [0.29, 0.717) is 23.9 Å². The third-order valence-corrected chi connectivity index (χ3v) is 4.58. The second kappa shape index (κ2) is 8.88. The molecule has 0 amide bonds. The van der Waals surface area contributed by atoms with Gasteiger partial charge in [0.15, 0.2) is 0 Å². The Morgan fingerprint density at radius 1 is 1.03 bits per heavy atom. The van der Waals surface area contributed by atoms with Crippen molar-refractivity contribution < 1.29 is 0 Å². The Hall–Kier alpha value is -4.51. The van der Waals surface area contributed by atoms with Crippen molar-refractivity contribution in [2.75, 3.05) is 16.4 Å². The maximum absolute atomic E-state index is 9.02. The Labute approximate surface area is 179 Å². The number of nitrogen functional groups attached to an aromatic ring is 1. The fourth-order valence-electron chi connectivity index (χ4n) is 3.05. The summed E-state index contributed by atoms with van der Waals surface area (Å²) in [5.74, 6) is 1.41.